The highest BCUT2D eigenvalue weighted by Gasteiger charge is 2.09. The number of ether oxygens (including phenoxy) is 2. The van der Waals surface area contributed by atoms with Crippen LogP contribution in [0.2, 0.25) is 0 Å². The molecule has 154 valence electrons. The molecule has 0 N–H and O–H groups in total. The van der Waals surface area contributed by atoms with Crippen molar-refractivity contribution < 1.29 is 14.3 Å². The van der Waals surface area contributed by atoms with Crippen molar-refractivity contribution in [3.63, 3.8) is 0 Å². The van der Waals surface area contributed by atoms with Crippen LogP contribution in [0.4, 0.5) is 5.69 Å². The van der Waals surface area contributed by atoms with Crippen molar-refractivity contribution in [1.82, 2.24) is 0 Å². The number of hydrogen-bond acceptors (Lipinski definition) is 4. The third-order valence-corrected chi connectivity index (χ3v) is 4.57. The van der Waals surface area contributed by atoms with E-state index in [0.29, 0.717) is 17.9 Å². The highest BCUT2D eigenvalue weighted by Crippen LogP contribution is 2.17. The number of nitrogens with zero attached hydrogens (tertiary/aromatic N) is 1. The van der Waals surface area contributed by atoms with Gasteiger partial charge in [-0.2, -0.15) is 0 Å². The number of benzene rings is 3. The minimum Gasteiger partial charge on any atom is -0.494 e. The molecule has 4 heteroatoms. The number of carbonyl (C=O) groups excluding carboxylic acids is 1. The van der Waals surface area contributed by atoms with E-state index in [1.165, 1.54) is 19.3 Å². The molecule has 0 unspecified atom stereocenters. The fourth-order valence-corrected chi connectivity index (χ4v) is 2.86. The standard InChI is InChI=1S/C26H27NO3/c1-2-3-4-8-19-29-24-17-13-22(14-18-24)26(28)30-25-15-11-21(12-16-25)20-27-23-9-6-5-7-10-23/h5-7,9-18,20H,2-4,8,19H2,1H3. The molecule has 3 aromatic carbocycles. The van der Waals surface area contributed by atoms with E-state index >= 15 is 0 Å². The zero-order valence-electron chi connectivity index (χ0n) is 17.3. The van der Waals surface area contributed by atoms with Crippen LogP contribution in [0.5, 0.6) is 11.5 Å². The van der Waals surface area contributed by atoms with Gasteiger partial charge in [0.2, 0.25) is 0 Å². The summed E-state index contributed by atoms with van der Waals surface area (Å²) >= 11 is 0. The fraction of sp³-hybridized carbons (Fsp3) is 0.231. The lowest BCUT2D eigenvalue weighted by Crippen LogP contribution is -2.08. The Morgan fingerprint density at radius 2 is 1.53 bits per heavy atom. The van der Waals surface area contributed by atoms with E-state index in [1.54, 1.807) is 42.6 Å². The van der Waals surface area contributed by atoms with Crippen molar-refractivity contribution in [2.45, 2.75) is 32.6 Å². The molecule has 0 aliphatic rings. The van der Waals surface area contributed by atoms with Gasteiger partial charge in [0.05, 0.1) is 17.9 Å². The van der Waals surface area contributed by atoms with Crippen LogP contribution < -0.4 is 9.47 Å². The van der Waals surface area contributed by atoms with Gasteiger partial charge < -0.3 is 9.47 Å². The smallest absolute Gasteiger partial charge is 0.343 e. The largest absolute Gasteiger partial charge is 0.494 e. The molecule has 0 aliphatic heterocycles. The monoisotopic (exact) mass is 401 g/mol. The van der Waals surface area contributed by atoms with Gasteiger partial charge in [-0.1, -0.05) is 44.4 Å². The first-order valence-corrected chi connectivity index (χ1v) is 10.4. The summed E-state index contributed by atoms with van der Waals surface area (Å²) in [6, 6.07) is 24.0. The third kappa shape index (κ3) is 6.89. The molecule has 3 aromatic rings. The van der Waals surface area contributed by atoms with E-state index in [9.17, 15) is 4.79 Å². The molecular weight excluding hydrogens is 374 g/mol. The van der Waals surface area contributed by atoms with Crippen molar-refractivity contribution in [3.8, 4) is 11.5 Å². The molecule has 0 saturated heterocycles. The summed E-state index contributed by atoms with van der Waals surface area (Å²) in [7, 11) is 0. The maximum atomic E-state index is 12.4. The Bertz CT molecular complexity index is 932. The summed E-state index contributed by atoms with van der Waals surface area (Å²) in [5, 5.41) is 0. The molecule has 0 fully saturated rings. The van der Waals surface area contributed by atoms with Crippen molar-refractivity contribution in [3.05, 3.63) is 90.0 Å². The van der Waals surface area contributed by atoms with E-state index in [1.807, 2.05) is 42.5 Å². The molecule has 4 nitrogen and oxygen atoms in total. The van der Waals surface area contributed by atoms with Crippen molar-refractivity contribution in [2.75, 3.05) is 6.61 Å². The average molecular weight is 402 g/mol. The van der Waals surface area contributed by atoms with Crippen LogP contribution in [0.25, 0.3) is 0 Å². The summed E-state index contributed by atoms with van der Waals surface area (Å²) < 4.78 is 11.2. The second-order valence-corrected chi connectivity index (χ2v) is 6.99. The molecule has 0 aromatic heterocycles. The predicted molar refractivity (Wildman–Crippen MR) is 121 cm³/mol. The van der Waals surface area contributed by atoms with Gasteiger partial charge >= 0.3 is 5.97 Å². The molecule has 0 atom stereocenters. The van der Waals surface area contributed by atoms with Gasteiger partial charge in [0.25, 0.3) is 0 Å². The van der Waals surface area contributed by atoms with Gasteiger partial charge in [-0.3, -0.25) is 4.99 Å². The minimum absolute atomic E-state index is 0.393. The fourth-order valence-electron chi connectivity index (χ4n) is 2.86. The number of rotatable bonds is 10. The molecule has 0 spiro atoms. The van der Waals surface area contributed by atoms with E-state index < -0.39 is 5.97 Å². The van der Waals surface area contributed by atoms with Gasteiger partial charge in [-0.05, 0) is 72.6 Å². The molecule has 0 bridgehead atoms. The zero-order valence-corrected chi connectivity index (χ0v) is 17.3. The Kier molecular flexibility index (Phi) is 8.22. The predicted octanol–water partition coefficient (Wildman–Crippen LogP) is 6.62. The first-order chi connectivity index (χ1) is 14.7. The summed E-state index contributed by atoms with van der Waals surface area (Å²) in [5.41, 5.74) is 2.31. The number of aliphatic imine (C=N–C) groups is 1. The van der Waals surface area contributed by atoms with E-state index in [2.05, 4.69) is 11.9 Å². The van der Waals surface area contributed by atoms with Crippen molar-refractivity contribution in [1.29, 1.82) is 0 Å². The minimum atomic E-state index is -0.393. The normalized spacial score (nSPS) is 10.8. The Labute approximate surface area is 178 Å². The van der Waals surface area contributed by atoms with Crippen LogP contribution in [0.15, 0.2) is 83.9 Å². The second kappa shape index (κ2) is 11.6. The molecule has 30 heavy (non-hydrogen) atoms. The highest BCUT2D eigenvalue weighted by atomic mass is 16.5. The van der Waals surface area contributed by atoms with E-state index in [4.69, 9.17) is 9.47 Å². The van der Waals surface area contributed by atoms with E-state index in [0.717, 1.165) is 23.4 Å². The van der Waals surface area contributed by atoms with Crippen LogP contribution in [0, 0.1) is 0 Å². The molecule has 0 aliphatic carbocycles. The Balaban J connectivity index is 1.50. The molecule has 3 rings (SSSR count). The van der Waals surface area contributed by atoms with Crippen LogP contribution in [0.3, 0.4) is 0 Å². The number of carbonyl (C=O) groups is 1. The third-order valence-electron chi connectivity index (χ3n) is 4.57. The van der Waals surface area contributed by atoms with E-state index in [-0.39, 0.29) is 0 Å². The zero-order chi connectivity index (χ0) is 21.0. The lowest BCUT2D eigenvalue weighted by molar-refractivity contribution is 0.0734. The first-order valence-electron chi connectivity index (χ1n) is 10.4. The van der Waals surface area contributed by atoms with Crippen LogP contribution in [0.1, 0.15) is 48.5 Å². The highest BCUT2D eigenvalue weighted by molar-refractivity contribution is 5.91. The molecule has 0 radical (unpaired) electrons. The number of para-hydroxylation sites is 1. The maximum Gasteiger partial charge on any atom is 0.343 e. The summed E-state index contributed by atoms with van der Waals surface area (Å²) in [4.78, 5) is 16.8. The Morgan fingerprint density at radius 3 is 2.23 bits per heavy atom. The Morgan fingerprint density at radius 1 is 0.833 bits per heavy atom. The number of unbranched alkanes of at least 4 members (excludes halogenated alkanes) is 3. The molecule has 0 saturated carbocycles. The average Bonchev–Trinajstić information content (AvgIpc) is 2.79. The van der Waals surface area contributed by atoms with Crippen molar-refractivity contribution >= 4 is 17.9 Å². The van der Waals surface area contributed by atoms with Crippen LogP contribution in [-0.4, -0.2) is 18.8 Å². The second-order valence-electron chi connectivity index (χ2n) is 6.99. The summed E-state index contributed by atoms with van der Waals surface area (Å²) in [5.74, 6) is 0.869. The van der Waals surface area contributed by atoms with Crippen LogP contribution >= 0.6 is 0 Å². The Hall–Kier alpha value is -3.40. The summed E-state index contributed by atoms with van der Waals surface area (Å²) in [6.07, 6.45) is 6.44. The van der Waals surface area contributed by atoms with Crippen LogP contribution in [-0.2, 0) is 0 Å². The maximum absolute atomic E-state index is 12.4. The van der Waals surface area contributed by atoms with Gasteiger partial charge in [-0.25, -0.2) is 4.79 Å². The quantitative estimate of drug-likeness (QED) is 0.166. The topological polar surface area (TPSA) is 47.9 Å². The summed E-state index contributed by atoms with van der Waals surface area (Å²) in [6.45, 7) is 2.89. The number of esters is 1. The SMILES string of the molecule is CCCCCCOc1ccc(C(=O)Oc2ccc(C=Nc3ccccc3)cc2)cc1. The van der Waals surface area contributed by atoms with Gasteiger partial charge in [0, 0.05) is 6.21 Å². The first kappa shape index (κ1) is 21.3. The molecule has 0 heterocycles. The number of hydrogen-bond donors (Lipinski definition) is 0. The van der Waals surface area contributed by atoms with Crippen molar-refractivity contribution in [2.24, 2.45) is 4.99 Å². The lowest BCUT2D eigenvalue weighted by Gasteiger charge is -2.08. The lowest BCUT2D eigenvalue weighted by atomic mass is 10.2. The molecular formula is C26H27NO3. The van der Waals surface area contributed by atoms with Gasteiger partial charge in [0.1, 0.15) is 11.5 Å². The van der Waals surface area contributed by atoms with Gasteiger partial charge in [-0.15, -0.1) is 0 Å². The van der Waals surface area contributed by atoms with Gasteiger partial charge in [0.15, 0.2) is 0 Å². The molecule has 0 amide bonds.